The molecular formula is C16H21ClF3N3O3S. The minimum Gasteiger partial charge on any atom is -0.324 e. The molecule has 0 bridgehead atoms. The average Bonchev–Trinajstić information content (AvgIpc) is 2.61. The van der Waals surface area contributed by atoms with Crippen molar-refractivity contribution >= 4 is 33.2 Å². The molecule has 1 heterocycles. The van der Waals surface area contributed by atoms with Gasteiger partial charge in [0.05, 0.1) is 23.0 Å². The third kappa shape index (κ3) is 5.34. The van der Waals surface area contributed by atoms with Gasteiger partial charge in [0.15, 0.2) is 0 Å². The molecule has 27 heavy (non-hydrogen) atoms. The van der Waals surface area contributed by atoms with E-state index in [1.54, 1.807) is 18.7 Å². The van der Waals surface area contributed by atoms with Crippen molar-refractivity contribution in [3.05, 3.63) is 28.8 Å². The van der Waals surface area contributed by atoms with E-state index >= 15 is 0 Å². The normalized spacial score (nSPS) is 18.3. The predicted molar refractivity (Wildman–Crippen MR) is 97.2 cm³/mol. The molecule has 0 aliphatic carbocycles. The minimum atomic E-state index is -4.66. The van der Waals surface area contributed by atoms with Crippen molar-refractivity contribution in [1.29, 1.82) is 0 Å². The van der Waals surface area contributed by atoms with E-state index in [9.17, 15) is 26.4 Å². The van der Waals surface area contributed by atoms with Crippen LogP contribution in [0.25, 0.3) is 0 Å². The van der Waals surface area contributed by atoms with Gasteiger partial charge in [-0.05, 0) is 32.0 Å². The highest BCUT2D eigenvalue weighted by molar-refractivity contribution is 7.89. The maximum atomic E-state index is 13.1. The zero-order chi connectivity index (χ0) is 20.4. The van der Waals surface area contributed by atoms with E-state index in [1.807, 2.05) is 0 Å². The molecule has 1 atom stereocenters. The van der Waals surface area contributed by atoms with Gasteiger partial charge in [-0.15, -0.1) is 0 Å². The maximum Gasteiger partial charge on any atom is 0.418 e. The van der Waals surface area contributed by atoms with Gasteiger partial charge >= 0.3 is 6.18 Å². The number of anilines is 1. The van der Waals surface area contributed by atoms with Crippen LogP contribution in [0.4, 0.5) is 18.9 Å². The molecule has 1 aliphatic heterocycles. The molecule has 1 unspecified atom stereocenters. The molecule has 6 nitrogen and oxygen atoms in total. The van der Waals surface area contributed by atoms with E-state index in [4.69, 9.17) is 11.6 Å². The van der Waals surface area contributed by atoms with Crippen LogP contribution in [0.5, 0.6) is 0 Å². The summed E-state index contributed by atoms with van der Waals surface area (Å²) in [6.07, 6.45) is -4.66. The molecule has 2 rings (SSSR count). The van der Waals surface area contributed by atoms with E-state index in [1.165, 1.54) is 10.4 Å². The minimum absolute atomic E-state index is 0.000173. The van der Waals surface area contributed by atoms with Crippen LogP contribution in [0, 0.1) is 0 Å². The first-order valence-electron chi connectivity index (χ1n) is 8.35. The van der Waals surface area contributed by atoms with Crippen molar-refractivity contribution in [1.82, 2.24) is 9.21 Å². The molecule has 0 spiro atoms. The molecule has 0 aromatic heterocycles. The number of carbonyl (C=O) groups is 1. The van der Waals surface area contributed by atoms with Gasteiger partial charge in [0.2, 0.25) is 15.9 Å². The van der Waals surface area contributed by atoms with Crippen molar-refractivity contribution in [3.8, 4) is 0 Å². The Morgan fingerprint density at radius 3 is 2.37 bits per heavy atom. The molecule has 1 aromatic rings. The van der Waals surface area contributed by atoms with Crippen LogP contribution in [0.3, 0.4) is 0 Å². The third-order valence-electron chi connectivity index (χ3n) is 4.50. The highest BCUT2D eigenvalue weighted by atomic mass is 35.5. The Morgan fingerprint density at radius 1 is 1.26 bits per heavy atom. The van der Waals surface area contributed by atoms with E-state index < -0.39 is 33.7 Å². The van der Waals surface area contributed by atoms with Crippen molar-refractivity contribution < 1.29 is 26.4 Å². The molecule has 1 N–H and O–H groups in total. The Kier molecular flexibility index (Phi) is 6.77. The second kappa shape index (κ2) is 8.34. The first kappa shape index (κ1) is 21.9. The second-order valence-corrected chi connectivity index (χ2v) is 8.88. The number of nitrogens with one attached hydrogen (secondary N) is 1. The summed E-state index contributed by atoms with van der Waals surface area (Å²) >= 11 is 5.63. The van der Waals surface area contributed by atoms with Crippen LogP contribution in [0.15, 0.2) is 18.2 Å². The van der Waals surface area contributed by atoms with Gasteiger partial charge in [-0.1, -0.05) is 11.6 Å². The SMILES string of the molecule is CCS(=O)(=O)N1CCN(C(C)C(=O)Nc2ccc(Cl)cc2C(F)(F)F)CC1. The third-order valence-corrected chi connectivity index (χ3v) is 6.62. The van der Waals surface area contributed by atoms with Gasteiger partial charge in [-0.2, -0.15) is 17.5 Å². The summed E-state index contributed by atoms with van der Waals surface area (Å²) in [5.74, 6) is -0.602. The quantitative estimate of drug-likeness (QED) is 0.784. The maximum absolute atomic E-state index is 13.1. The molecule has 11 heteroatoms. The number of hydrogen-bond donors (Lipinski definition) is 1. The highest BCUT2D eigenvalue weighted by Crippen LogP contribution is 2.36. The van der Waals surface area contributed by atoms with Gasteiger partial charge in [0, 0.05) is 31.2 Å². The predicted octanol–water partition coefficient (Wildman–Crippen LogP) is 2.65. The Morgan fingerprint density at radius 2 is 1.85 bits per heavy atom. The van der Waals surface area contributed by atoms with Crippen LogP contribution < -0.4 is 5.32 Å². The Balaban J connectivity index is 2.06. The summed E-state index contributed by atoms with van der Waals surface area (Å²) in [7, 11) is -3.30. The lowest BCUT2D eigenvalue weighted by molar-refractivity contribution is -0.137. The van der Waals surface area contributed by atoms with Crippen molar-refractivity contribution in [2.24, 2.45) is 0 Å². The number of hydrogen-bond acceptors (Lipinski definition) is 4. The Labute approximate surface area is 161 Å². The first-order chi connectivity index (χ1) is 12.5. The van der Waals surface area contributed by atoms with Gasteiger partial charge in [-0.3, -0.25) is 9.69 Å². The largest absolute Gasteiger partial charge is 0.418 e. The highest BCUT2D eigenvalue weighted by Gasteiger charge is 2.35. The van der Waals surface area contributed by atoms with Crippen LogP contribution in [-0.4, -0.2) is 61.5 Å². The van der Waals surface area contributed by atoms with E-state index in [-0.39, 0.29) is 29.6 Å². The fourth-order valence-corrected chi connectivity index (χ4v) is 4.07. The topological polar surface area (TPSA) is 69.7 Å². The lowest BCUT2D eigenvalue weighted by Crippen LogP contribution is -2.54. The number of alkyl halides is 3. The number of sulfonamides is 1. The van der Waals surface area contributed by atoms with Crippen LogP contribution in [-0.2, 0) is 21.0 Å². The molecule has 1 aromatic carbocycles. The monoisotopic (exact) mass is 427 g/mol. The average molecular weight is 428 g/mol. The Bertz CT molecular complexity index is 794. The lowest BCUT2D eigenvalue weighted by Gasteiger charge is -2.36. The van der Waals surface area contributed by atoms with Crippen molar-refractivity contribution in [3.63, 3.8) is 0 Å². The van der Waals surface area contributed by atoms with E-state index in [0.29, 0.717) is 13.1 Å². The molecule has 1 amide bonds. The molecule has 0 radical (unpaired) electrons. The van der Waals surface area contributed by atoms with Crippen molar-refractivity contribution in [2.45, 2.75) is 26.1 Å². The van der Waals surface area contributed by atoms with Gasteiger partial charge in [-0.25, -0.2) is 8.42 Å². The standard InChI is InChI=1S/C16H21ClF3N3O3S/c1-3-27(25,26)23-8-6-22(7-9-23)11(2)15(24)21-14-5-4-12(17)10-13(14)16(18,19)20/h4-5,10-11H,3,6-9H2,1-2H3,(H,21,24). The summed E-state index contributed by atoms with van der Waals surface area (Å²) in [6, 6.07) is 2.43. The Hall–Kier alpha value is -1.36. The number of halogens is 4. The zero-order valence-electron chi connectivity index (χ0n) is 14.9. The second-order valence-electron chi connectivity index (χ2n) is 6.19. The van der Waals surface area contributed by atoms with Crippen LogP contribution in [0.2, 0.25) is 5.02 Å². The lowest BCUT2D eigenvalue weighted by atomic mass is 10.1. The summed E-state index contributed by atoms with van der Waals surface area (Å²) in [6.45, 7) is 4.25. The summed E-state index contributed by atoms with van der Waals surface area (Å²) in [4.78, 5) is 14.2. The molecule has 1 aliphatic rings. The summed E-state index contributed by atoms with van der Waals surface area (Å²) in [5.41, 5.74) is -1.38. The number of amides is 1. The van der Waals surface area contributed by atoms with Crippen molar-refractivity contribution in [2.75, 3.05) is 37.2 Å². The summed E-state index contributed by atoms with van der Waals surface area (Å²) in [5, 5.41) is 2.22. The van der Waals surface area contributed by atoms with Gasteiger partial charge in [0.1, 0.15) is 0 Å². The first-order valence-corrected chi connectivity index (χ1v) is 10.3. The molecular weight excluding hydrogens is 407 g/mol. The fourth-order valence-electron chi connectivity index (χ4n) is 2.81. The number of benzene rings is 1. The van der Waals surface area contributed by atoms with Crippen LogP contribution in [0.1, 0.15) is 19.4 Å². The van der Waals surface area contributed by atoms with Gasteiger partial charge in [0.25, 0.3) is 0 Å². The van der Waals surface area contributed by atoms with Gasteiger partial charge < -0.3 is 5.32 Å². The van der Waals surface area contributed by atoms with E-state index in [0.717, 1.165) is 12.1 Å². The number of nitrogens with zero attached hydrogens (tertiary/aromatic N) is 2. The smallest absolute Gasteiger partial charge is 0.324 e. The zero-order valence-corrected chi connectivity index (χ0v) is 16.5. The fraction of sp³-hybridized carbons (Fsp3) is 0.562. The molecule has 152 valence electrons. The number of piperazine rings is 1. The van der Waals surface area contributed by atoms with E-state index in [2.05, 4.69) is 5.32 Å². The van der Waals surface area contributed by atoms with Crippen LogP contribution >= 0.6 is 11.6 Å². The number of rotatable bonds is 5. The molecule has 1 saturated heterocycles. The summed E-state index contributed by atoms with van der Waals surface area (Å²) < 4.78 is 64.5. The molecule has 1 fully saturated rings. The molecule has 0 saturated carbocycles. The number of carbonyl (C=O) groups excluding carboxylic acids is 1.